The van der Waals surface area contributed by atoms with Crippen LogP contribution in [0.25, 0.3) is 0 Å². The molecule has 4 N–H and O–H groups in total. The van der Waals surface area contributed by atoms with Gasteiger partial charge in [0.05, 0.1) is 16.8 Å². The Bertz CT molecular complexity index is 1030. The average molecular weight is 345 g/mol. The Morgan fingerprint density at radius 2 is 1.38 bits per heavy atom. The Kier molecular flexibility index (Phi) is 3.58. The van der Waals surface area contributed by atoms with E-state index in [1.54, 1.807) is 60.7 Å². The van der Waals surface area contributed by atoms with Crippen LogP contribution in [0.4, 0.5) is 17.1 Å². The molecular weight excluding hydrogens is 330 g/mol. The van der Waals surface area contributed by atoms with Crippen LogP contribution >= 0.6 is 0 Å². The predicted octanol–water partition coefficient (Wildman–Crippen LogP) is 3.44. The van der Waals surface area contributed by atoms with Crippen LogP contribution in [0.1, 0.15) is 20.7 Å². The van der Waals surface area contributed by atoms with E-state index in [9.17, 15) is 9.59 Å². The fourth-order valence-electron chi connectivity index (χ4n) is 2.87. The fourth-order valence-corrected chi connectivity index (χ4v) is 2.87. The van der Waals surface area contributed by atoms with Crippen LogP contribution in [0.5, 0.6) is 11.5 Å². The summed E-state index contributed by atoms with van der Waals surface area (Å²) in [5.74, 6) is 0.422. The number of fused-ring (bicyclic) bond motifs is 1. The molecule has 2 amide bonds. The van der Waals surface area contributed by atoms with E-state index in [2.05, 4.69) is 0 Å². The van der Waals surface area contributed by atoms with Gasteiger partial charge in [0.1, 0.15) is 11.5 Å². The van der Waals surface area contributed by atoms with Crippen LogP contribution in [-0.4, -0.2) is 11.8 Å². The van der Waals surface area contributed by atoms with E-state index in [1.165, 1.54) is 6.07 Å². The molecule has 0 aliphatic carbocycles. The monoisotopic (exact) mass is 345 g/mol. The number of carbonyl (C=O) groups excluding carboxylic acids is 2. The van der Waals surface area contributed by atoms with Gasteiger partial charge in [-0.3, -0.25) is 9.59 Å². The van der Waals surface area contributed by atoms with Crippen LogP contribution in [0, 0.1) is 0 Å². The zero-order valence-electron chi connectivity index (χ0n) is 13.7. The minimum absolute atomic E-state index is 0.315. The van der Waals surface area contributed by atoms with Crippen molar-refractivity contribution in [1.82, 2.24) is 0 Å². The summed E-state index contributed by atoms with van der Waals surface area (Å²) in [5, 5.41) is 0. The molecule has 0 bridgehead atoms. The summed E-state index contributed by atoms with van der Waals surface area (Å²) >= 11 is 0. The first-order valence-corrected chi connectivity index (χ1v) is 7.95. The highest BCUT2D eigenvalue weighted by molar-refractivity contribution is 6.34. The number of amides is 2. The van der Waals surface area contributed by atoms with Crippen molar-refractivity contribution >= 4 is 28.9 Å². The fraction of sp³-hybridized carbons (Fsp3) is 0. The van der Waals surface area contributed by atoms with E-state index in [4.69, 9.17) is 16.2 Å². The molecule has 0 saturated heterocycles. The minimum atomic E-state index is -0.387. The molecule has 0 spiro atoms. The van der Waals surface area contributed by atoms with Gasteiger partial charge in [0, 0.05) is 17.4 Å². The van der Waals surface area contributed by atoms with E-state index in [-0.39, 0.29) is 11.8 Å². The Morgan fingerprint density at radius 1 is 0.692 bits per heavy atom. The number of rotatable bonds is 3. The van der Waals surface area contributed by atoms with Gasteiger partial charge in [-0.05, 0) is 54.6 Å². The molecule has 0 fully saturated rings. The topological polar surface area (TPSA) is 98.7 Å². The Labute approximate surface area is 149 Å². The number of nitrogen functional groups attached to an aromatic ring is 2. The van der Waals surface area contributed by atoms with Crippen molar-refractivity contribution in [2.24, 2.45) is 0 Å². The lowest BCUT2D eigenvalue weighted by Gasteiger charge is -2.14. The van der Waals surface area contributed by atoms with Crippen molar-refractivity contribution in [3.8, 4) is 11.5 Å². The summed E-state index contributed by atoms with van der Waals surface area (Å²) in [6.45, 7) is 0. The maximum Gasteiger partial charge on any atom is 0.266 e. The summed E-state index contributed by atoms with van der Waals surface area (Å²) in [7, 11) is 0. The van der Waals surface area contributed by atoms with E-state index in [0.29, 0.717) is 39.7 Å². The van der Waals surface area contributed by atoms with Gasteiger partial charge in [0.15, 0.2) is 0 Å². The van der Waals surface area contributed by atoms with Gasteiger partial charge in [-0.2, -0.15) is 0 Å². The molecule has 3 aromatic carbocycles. The van der Waals surface area contributed by atoms with Gasteiger partial charge in [-0.25, -0.2) is 4.90 Å². The van der Waals surface area contributed by atoms with Crippen molar-refractivity contribution in [3.63, 3.8) is 0 Å². The molecule has 0 aromatic heterocycles. The largest absolute Gasteiger partial charge is 0.457 e. The number of benzene rings is 3. The van der Waals surface area contributed by atoms with Crippen molar-refractivity contribution in [2.45, 2.75) is 0 Å². The summed E-state index contributed by atoms with van der Waals surface area (Å²) in [6.07, 6.45) is 0. The second-order valence-corrected chi connectivity index (χ2v) is 5.92. The Hall–Kier alpha value is -3.80. The van der Waals surface area contributed by atoms with E-state index in [1.807, 2.05) is 0 Å². The summed E-state index contributed by atoms with van der Waals surface area (Å²) in [4.78, 5) is 26.3. The van der Waals surface area contributed by atoms with E-state index >= 15 is 0 Å². The van der Waals surface area contributed by atoms with Crippen molar-refractivity contribution in [3.05, 3.63) is 77.9 Å². The third kappa shape index (κ3) is 2.63. The molecular formula is C20H15N3O3. The quantitative estimate of drug-likeness (QED) is 0.559. The molecule has 0 saturated carbocycles. The first-order valence-electron chi connectivity index (χ1n) is 7.95. The van der Waals surface area contributed by atoms with Crippen LogP contribution in [0.15, 0.2) is 66.7 Å². The summed E-state index contributed by atoms with van der Waals surface area (Å²) in [5.41, 5.74) is 13.6. The molecule has 4 rings (SSSR count). The Balaban J connectivity index is 1.60. The number of imide groups is 1. The van der Waals surface area contributed by atoms with E-state index in [0.717, 1.165) is 4.90 Å². The number of hydrogen-bond acceptors (Lipinski definition) is 5. The van der Waals surface area contributed by atoms with Crippen LogP contribution < -0.4 is 21.1 Å². The van der Waals surface area contributed by atoms with Gasteiger partial charge >= 0.3 is 0 Å². The molecule has 26 heavy (non-hydrogen) atoms. The van der Waals surface area contributed by atoms with Crippen molar-refractivity contribution in [1.29, 1.82) is 0 Å². The normalized spacial score (nSPS) is 13.0. The number of nitrogens with two attached hydrogens (primary N) is 2. The number of carbonyl (C=O) groups is 2. The zero-order chi connectivity index (χ0) is 18.3. The minimum Gasteiger partial charge on any atom is -0.457 e. The zero-order valence-corrected chi connectivity index (χ0v) is 13.7. The van der Waals surface area contributed by atoms with Crippen LogP contribution in [-0.2, 0) is 0 Å². The molecule has 1 aliphatic heterocycles. The van der Waals surface area contributed by atoms with Crippen molar-refractivity contribution < 1.29 is 14.3 Å². The lowest BCUT2D eigenvalue weighted by molar-refractivity contribution is 0.0926. The lowest BCUT2D eigenvalue weighted by atomic mass is 10.1. The first kappa shape index (κ1) is 15.7. The van der Waals surface area contributed by atoms with Crippen LogP contribution in [0.2, 0.25) is 0 Å². The van der Waals surface area contributed by atoms with Gasteiger partial charge in [-0.1, -0.05) is 6.07 Å². The molecule has 128 valence electrons. The van der Waals surface area contributed by atoms with Crippen molar-refractivity contribution in [2.75, 3.05) is 16.4 Å². The maximum atomic E-state index is 12.6. The second-order valence-electron chi connectivity index (χ2n) is 5.92. The maximum absolute atomic E-state index is 12.6. The molecule has 6 heteroatoms. The highest BCUT2D eigenvalue weighted by Gasteiger charge is 2.36. The molecule has 1 heterocycles. The number of ether oxygens (including phenoxy) is 1. The predicted molar refractivity (Wildman–Crippen MR) is 99.4 cm³/mol. The molecule has 6 nitrogen and oxygen atoms in total. The van der Waals surface area contributed by atoms with E-state index < -0.39 is 0 Å². The average Bonchev–Trinajstić information content (AvgIpc) is 2.86. The highest BCUT2D eigenvalue weighted by atomic mass is 16.5. The smallest absolute Gasteiger partial charge is 0.266 e. The second kappa shape index (κ2) is 5.93. The van der Waals surface area contributed by atoms with Gasteiger partial charge in [0.2, 0.25) is 0 Å². The lowest BCUT2D eigenvalue weighted by Crippen LogP contribution is -2.29. The van der Waals surface area contributed by atoms with Gasteiger partial charge in [-0.15, -0.1) is 0 Å². The molecule has 3 aromatic rings. The number of hydrogen-bond donors (Lipinski definition) is 2. The summed E-state index contributed by atoms with van der Waals surface area (Å²) < 4.78 is 5.72. The number of anilines is 3. The molecule has 0 radical (unpaired) electrons. The first-order chi connectivity index (χ1) is 12.5. The third-order valence-corrected chi connectivity index (χ3v) is 4.10. The molecule has 0 unspecified atom stereocenters. The Morgan fingerprint density at radius 3 is 2.12 bits per heavy atom. The van der Waals surface area contributed by atoms with Crippen LogP contribution in [0.3, 0.4) is 0 Å². The molecule has 0 atom stereocenters. The summed E-state index contributed by atoms with van der Waals surface area (Å²) in [6, 6.07) is 18.5. The third-order valence-electron chi connectivity index (χ3n) is 4.10. The van der Waals surface area contributed by atoms with Gasteiger partial charge in [0.25, 0.3) is 11.8 Å². The highest BCUT2D eigenvalue weighted by Crippen LogP contribution is 2.31. The number of nitrogens with zero attached hydrogens (tertiary/aromatic N) is 1. The standard InChI is InChI=1S/C20H15N3O3/c21-12-2-1-3-16(10-12)26-15-7-5-14(6-8-15)23-19(24)17-9-4-13(22)11-18(17)20(23)25/h1-11H,21-22H2. The van der Waals surface area contributed by atoms with Gasteiger partial charge < -0.3 is 16.2 Å². The molecule has 1 aliphatic rings. The SMILES string of the molecule is Nc1cccc(Oc2ccc(N3C(=O)c4ccc(N)cc4C3=O)cc2)c1.